The number of rotatable bonds is 5. The minimum Gasteiger partial charge on any atom is -0.356 e. The van der Waals surface area contributed by atoms with Crippen molar-refractivity contribution in [2.24, 2.45) is 4.99 Å². The molecule has 1 unspecified atom stereocenters. The molecule has 2 N–H and O–H groups in total. The van der Waals surface area contributed by atoms with Gasteiger partial charge < -0.3 is 10.6 Å². The molecule has 0 saturated heterocycles. The van der Waals surface area contributed by atoms with Crippen molar-refractivity contribution in [2.75, 3.05) is 13.6 Å². The number of hydrogen-bond donors (Lipinski definition) is 2. The number of hydrogen-bond acceptors (Lipinski definition) is 2. The van der Waals surface area contributed by atoms with Gasteiger partial charge in [0.1, 0.15) is 0 Å². The zero-order valence-corrected chi connectivity index (χ0v) is 13.5. The molecule has 1 atom stereocenters. The van der Waals surface area contributed by atoms with Gasteiger partial charge in [-0.3, -0.25) is 4.99 Å². The van der Waals surface area contributed by atoms with E-state index in [4.69, 9.17) is 0 Å². The van der Waals surface area contributed by atoms with E-state index in [0.29, 0.717) is 5.96 Å². The molecule has 0 radical (unpaired) electrons. The normalized spacial score (nSPS) is 13.6. The lowest BCUT2D eigenvalue weighted by Crippen LogP contribution is -2.40. The van der Waals surface area contributed by atoms with Gasteiger partial charge in [0.15, 0.2) is 5.96 Å². The lowest BCUT2D eigenvalue weighted by atomic mass is 10.1. The summed E-state index contributed by atoms with van der Waals surface area (Å²) in [5.74, 6) is 0.330. The van der Waals surface area contributed by atoms with Gasteiger partial charge in [-0.05, 0) is 30.7 Å². The highest BCUT2D eigenvalue weighted by molar-refractivity contribution is 5.80. The molecule has 0 aliphatic heterocycles. The Labute approximate surface area is 138 Å². The maximum absolute atomic E-state index is 12.2. The van der Waals surface area contributed by atoms with E-state index in [1.807, 2.05) is 43.5 Å². The van der Waals surface area contributed by atoms with E-state index in [1.54, 1.807) is 10.9 Å². The predicted molar refractivity (Wildman–Crippen MR) is 87.1 cm³/mol. The standard InChI is InChI=1S/C16H20F3N5/c1-12(23-15(20-2)21-9-7-16(17,18)19)13-5-3-6-14(11-13)24-10-4-8-22-24/h3-6,8,10-12H,7,9H2,1-2H3,(H2,20,21,23). The molecule has 24 heavy (non-hydrogen) atoms. The fraction of sp³-hybridized carbons (Fsp3) is 0.375. The Morgan fingerprint density at radius 2 is 2.12 bits per heavy atom. The Kier molecular flexibility index (Phi) is 5.83. The van der Waals surface area contributed by atoms with Crippen LogP contribution >= 0.6 is 0 Å². The number of alkyl halides is 3. The SMILES string of the molecule is CN=C(NCCC(F)(F)F)NC(C)c1cccc(-n2cccn2)c1. The third-order valence-corrected chi connectivity index (χ3v) is 3.42. The zero-order valence-electron chi connectivity index (χ0n) is 13.5. The molecule has 0 aliphatic rings. The van der Waals surface area contributed by atoms with Crippen LogP contribution in [-0.4, -0.2) is 35.5 Å². The summed E-state index contributed by atoms with van der Waals surface area (Å²) in [6, 6.07) is 9.45. The molecular weight excluding hydrogens is 319 g/mol. The Hall–Kier alpha value is -2.51. The van der Waals surface area contributed by atoms with Crippen LogP contribution < -0.4 is 10.6 Å². The average molecular weight is 339 g/mol. The number of benzene rings is 1. The van der Waals surface area contributed by atoms with Gasteiger partial charge in [0.05, 0.1) is 18.2 Å². The average Bonchev–Trinajstić information content (AvgIpc) is 3.07. The van der Waals surface area contributed by atoms with Gasteiger partial charge in [0, 0.05) is 26.0 Å². The van der Waals surface area contributed by atoms with Gasteiger partial charge in [0.25, 0.3) is 0 Å². The fourth-order valence-electron chi connectivity index (χ4n) is 2.16. The highest BCUT2D eigenvalue weighted by Crippen LogP contribution is 2.18. The molecule has 1 heterocycles. The van der Waals surface area contributed by atoms with Crippen molar-refractivity contribution in [1.82, 2.24) is 20.4 Å². The molecule has 0 saturated carbocycles. The third-order valence-electron chi connectivity index (χ3n) is 3.42. The molecule has 1 aromatic heterocycles. The maximum atomic E-state index is 12.2. The number of guanidine groups is 1. The van der Waals surface area contributed by atoms with Crippen molar-refractivity contribution in [1.29, 1.82) is 0 Å². The van der Waals surface area contributed by atoms with Gasteiger partial charge in [-0.1, -0.05) is 12.1 Å². The van der Waals surface area contributed by atoms with E-state index in [9.17, 15) is 13.2 Å². The lowest BCUT2D eigenvalue weighted by molar-refractivity contribution is -0.132. The number of aliphatic imine (C=N–C) groups is 1. The molecule has 2 aromatic rings. The predicted octanol–water partition coefficient (Wildman–Crippen LogP) is 3.05. The van der Waals surface area contributed by atoms with Crippen molar-refractivity contribution in [3.63, 3.8) is 0 Å². The van der Waals surface area contributed by atoms with Crippen LogP contribution in [0.2, 0.25) is 0 Å². The highest BCUT2D eigenvalue weighted by Gasteiger charge is 2.26. The van der Waals surface area contributed by atoms with Crippen molar-refractivity contribution in [3.05, 3.63) is 48.3 Å². The van der Waals surface area contributed by atoms with Crippen LogP contribution in [0.3, 0.4) is 0 Å². The first-order chi connectivity index (χ1) is 11.4. The Morgan fingerprint density at radius 1 is 1.33 bits per heavy atom. The number of nitrogens with one attached hydrogen (secondary N) is 2. The second-order valence-corrected chi connectivity index (χ2v) is 5.28. The molecule has 1 aromatic carbocycles. The van der Waals surface area contributed by atoms with Gasteiger partial charge in [-0.25, -0.2) is 4.68 Å². The first-order valence-electron chi connectivity index (χ1n) is 7.53. The lowest BCUT2D eigenvalue weighted by Gasteiger charge is -2.19. The summed E-state index contributed by atoms with van der Waals surface area (Å²) in [7, 11) is 1.52. The molecule has 0 fully saturated rings. The summed E-state index contributed by atoms with van der Waals surface area (Å²) in [5, 5.41) is 9.93. The first-order valence-corrected chi connectivity index (χ1v) is 7.53. The Morgan fingerprint density at radius 3 is 2.75 bits per heavy atom. The largest absolute Gasteiger partial charge is 0.390 e. The van der Waals surface area contributed by atoms with E-state index in [1.165, 1.54) is 7.05 Å². The summed E-state index contributed by atoms with van der Waals surface area (Å²) in [6.07, 6.45) is -1.55. The molecule has 0 bridgehead atoms. The Balaban J connectivity index is 1.98. The van der Waals surface area contributed by atoms with Gasteiger partial charge in [0.2, 0.25) is 0 Å². The first kappa shape index (κ1) is 17.8. The zero-order chi connectivity index (χ0) is 17.6. The Bertz CT molecular complexity index is 665. The van der Waals surface area contributed by atoms with Gasteiger partial charge in [-0.15, -0.1) is 0 Å². The van der Waals surface area contributed by atoms with E-state index < -0.39 is 12.6 Å². The van der Waals surface area contributed by atoms with Crippen LogP contribution in [-0.2, 0) is 0 Å². The summed E-state index contributed by atoms with van der Waals surface area (Å²) in [5.41, 5.74) is 1.88. The van der Waals surface area contributed by atoms with E-state index in [0.717, 1.165) is 11.3 Å². The van der Waals surface area contributed by atoms with E-state index in [-0.39, 0.29) is 12.6 Å². The van der Waals surface area contributed by atoms with Crippen LogP contribution in [0.5, 0.6) is 0 Å². The number of nitrogens with zero attached hydrogens (tertiary/aromatic N) is 3. The molecule has 8 heteroatoms. The van der Waals surface area contributed by atoms with E-state index >= 15 is 0 Å². The monoisotopic (exact) mass is 339 g/mol. The molecule has 2 rings (SSSR count). The maximum Gasteiger partial charge on any atom is 0.390 e. The van der Waals surface area contributed by atoms with Crippen LogP contribution in [0.25, 0.3) is 5.69 Å². The number of aromatic nitrogens is 2. The number of halogens is 3. The van der Waals surface area contributed by atoms with Crippen LogP contribution in [0, 0.1) is 0 Å². The minimum atomic E-state index is -4.18. The summed E-state index contributed by atoms with van der Waals surface area (Å²) in [6.45, 7) is 1.70. The van der Waals surface area contributed by atoms with Crippen molar-refractivity contribution in [3.8, 4) is 5.69 Å². The molecule has 0 aliphatic carbocycles. The van der Waals surface area contributed by atoms with Crippen molar-refractivity contribution >= 4 is 5.96 Å². The third kappa shape index (κ3) is 5.29. The highest BCUT2D eigenvalue weighted by atomic mass is 19.4. The molecule has 0 amide bonds. The topological polar surface area (TPSA) is 54.2 Å². The quantitative estimate of drug-likeness (QED) is 0.650. The second-order valence-electron chi connectivity index (χ2n) is 5.28. The van der Waals surface area contributed by atoms with Crippen molar-refractivity contribution < 1.29 is 13.2 Å². The fourth-order valence-corrected chi connectivity index (χ4v) is 2.16. The van der Waals surface area contributed by atoms with Gasteiger partial charge >= 0.3 is 6.18 Å². The van der Waals surface area contributed by atoms with Crippen molar-refractivity contribution in [2.45, 2.75) is 25.6 Å². The van der Waals surface area contributed by atoms with E-state index in [2.05, 4.69) is 20.7 Å². The summed E-state index contributed by atoms with van der Waals surface area (Å²) < 4.78 is 38.4. The molecular formula is C16H20F3N5. The minimum absolute atomic E-state index is 0.127. The second kappa shape index (κ2) is 7.85. The van der Waals surface area contributed by atoms with Gasteiger partial charge in [-0.2, -0.15) is 18.3 Å². The molecule has 130 valence electrons. The smallest absolute Gasteiger partial charge is 0.356 e. The van der Waals surface area contributed by atoms with Crippen LogP contribution in [0.15, 0.2) is 47.7 Å². The summed E-state index contributed by atoms with van der Waals surface area (Å²) in [4.78, 5) is 3.95. The van der Waals surface area contributed by atoms with Crippen LogP contribution in [0.4, 0.5) is 13.2 Å². The van der Waals surface area contributed by atoms with Crippen LogP contribution in [0.1, 0.15) is 24.9 Å². The molecule has 5 nitrogen and oxygen atoms in total. The molecule has 0 spiro atoms. The summed E-state index contributed by atoms with van der Waals surface area (Å²) >= 11 is 0.